The Balaban J connectivity index is 1.36. The minimum atomic E-state index is -5.88. The maximum atomic E-state index is 14.1. The van der Waals surface area contributed by atoms with E-state index in [0.29, 0.717) is 12.0 Å². The van der Waals surface area contributed by atoms with E-state index in [9.17, 15) is 36.2 Å². The van der Waals surface area contributed by atoms with E-state index in [1.54, 1.807) is 6.07 Å². The van der Waals surface area contributed by atoms with Crippen LogP contribution in [0.5, 0.6) is 5.75 Å². The lowest BCUT2D eigenvalue weighted by molar-refractivity contribution is -0.0465. The summed E-state index contributed by atoms with van der Waals surface area (Å²) >= 11 is 0. The third-order valence-corrected chi connectivity index (χ3v) is 8.13. The highest BCUT2D eigenvalue weighted by molar-refractivity contribution is 7.90. The van der Waals surface area contributed by atoms with Crippen molar-refractivity contribution in [2.24, 2.45) is 5.92 Å². The molecule has 0 aromatic heterocycles. The molecule has 0 saturated carbocycles. The average molecular weight is 588 g/mol. The van der Waals surface area contributed by atoms with Crippen molar-refractivity contribution in [3.05, 3.63) is 114 Å². The van der Waals surface area contributed by atoms with E-state index in [0.717, 1.165) is 39.6 Å². The van der Waals surface area contributed by atoms with Crippen molar-refractivity contribution in [3.8, 4) is 28.0 Å². The van der Waals surface area contributed by atoms with Crippen LogP contribution in [0.4, 0.5) is 17.6 Å². The van der Waals surface area contributed by atoms with E-state index in [1.807, 2.05) is 54.6 Å². The van der Waals surface area contributed by atoms with Crippen LogP contribution in [0.15, 0.2) is 91.0 Å². The molecular formula is C30H25F4NO5S. The summed E-state index contributed by atoms with van der Waals surface area (Å²) in [7, 11) is -5.88. The third kappa shape index (κ3) is 6.13. The van der Waals surface area contributed by atoms with Gasteiger partial charge in [0.25, 0.3) is 0 Å². The zero-order valence-electron chi connectivity index (χ0n) is 21.3. The monoisotopic (exact) mass is 587 g/mol. The fourth-order valence-corrected chi connectivity index (χ4v) is 5.40. The lowest BCUT2D eigenvalue weighted by Crippen LogP contribution is -2.38. The van der Waals surface area contributed by atoms with Gasteiger partial charge in [0.15, 0.2) is 0 Å². The number of halogens is 4. The smallest absolute Gasteiger partial charge is 0.493 e. The third-order valence-electron chi connectivity index (χ3n) is 6.98. The van der Waals surface area contributed by atoms with Crippen molar-refractivity contribution in [2.45, 2.75) is 24.3 Å². The van der Waals surface area contributed by atoms with Crippen LogP contribution in [-0.4, -0.2) is 30.7 Å². The number of rotatable bonds is 7. The number of aliphatic hydroxyl groups is 2. The molecule has 1 unspecified atom stereocenters. The Bertz CT molecular complexity index is 1640. The molecule has 0 amide bonds. The highest BCUT2D eigenvalue weighted by Gasteiger charge is 2.47. The first-order chi connectivity index (χ1) is 19.4. The molecule has 1 aliphatic heterocycles. The molecule has 3 atom stereocenters. The van der Waals surface area contributed by atoms with Gasteiger partial charge < -0.3 is 14.9 Å². The summed E-state index contributed by atoms with van der Waals surface area (Å²) in [5.41, 5.74) is -2.11. The number of fused-ring (bicyclic) bond motifs is 1. The van der Waals surface area contributed by atoms with Gasteiger partial charge in [-0.05, 0) is 52.4 Å². The van der Waals surface area contributed by atoms with Crippen LogP contribution in [0, 0.1) is 11.7 Å². The molecule has 4 aromatic rings. The van der Waals surface area contributed by atoms with Crippen LogP contribution in [-0.2, 0) is 16.4 Å². The van der Waals surface area contributed by atoms with E-state index in [1.165, 1.54) is 12.1 Å². The van der Waals surface area contributed by atoms with E-state index < -0.39 is 33.7 Å². The molecule has 6 nitrogen and oxygen atoms in total. The van der Waals surface area contributed by atoms with Gasteiger partial charge in [-0.1, -0.05) is 72.8 Å². The minimum Gasteiger partial charge on any atom is -0.493 e. The Labute approximate surface area is 233 Å². The average Bonchev–Trinajstić information content (AvgIpc) is 2.94. The molecular weight excluding hydrogens is 562 g/mol. The fourth-order valence-electron chi connectivity index (χ4n) is 4.84. The van der Waals surface area contributed by atoms with Gasteiger partial charge in [-0.25, -0.2) is 12.8 Å². The zero-order chi connectivity index (χ0) is 29.4. The van der Waals surface area contributed by atoms with E-state index in [2.05, 4.69) is 0 Å². The molecule has 4 aromatic carbocycles. The summed E-state index contributed by atoms with van der Waals surface area (Å²) in [4.78, 5) is 0. The lowest BCUT2D eigenvalue weighted by atomic mass is 9.86. The number of alkyl halides is 3. The van der Waals surface area contributed by atoms with Gasteiger partial charge in [0.05, 0.1) is 12.7 Å². The molecule has 0 fully saturated rings. The van der Waals surface area contributed by atoms with Crippen molar-refractivity contribution in [3.63, 3.8) is 0 Å². The second-order valence-corrected chi connectivity index (χ2v) is 11.4. The molecule has 1 aliphatic rings. The Morgan fingerprint density at radius 3 is 2.24 bits per heavy atom. The van der Waals surface area contributed by atoms with Crippen molar-refractivity contribution in [2.75, 3.05) is 6.61 Å². The van der Waals surface area contributed by atoms with Crippen LogP contribution in [0.2, 0.25) is 0 Å². The summed E-state index contributed by atoms with van der Waals surface area (Å²) in [6.07, 6.45) is -2.66. The SMILES string of the molecule is O=S(=O)(NC(O)c1ccc(F)cc1-c1ccc2c(c1)OC[C@@H](Cc1ccc(-c3ccccc3)cc1)[C@@H]2O)C(F)(F)F. The minimum absolute atomic E-state index is 0.0520. The van der Waals surface area contributed by atoms with Crippen molar-refractivity contribution in [1.82, 2.24) is 4.72 Å². The fraction of sp³-hybridized carbons (Fsp3) is 0.200. The molecule has 41 heavy (non-hydrogen) atoms. The lowest BCUT2D eigenvalue weighted by Gasteiger charge is -2.31. The predicted molar refractivity (Wildman–Crippen MR) is 144 cm³/mol. The molecule has 1 heterocycles. The number of aliphatic hydroxyl groups excluding tert-OH is 2. The van der Waals surface area contributed by atoms with Gasteiger partial charge in [0.1, 0.15) is 17.8 Å². The number of sulfonamides is 1. The van der Waals surface area contributed by atoms with Gasteiger partial charge in [0.2, 0.25) is 0 Å². The highest BCUT2D eigenvalue weighted by atomic mass is 32.2. The van der Waals surface area contributed by atoms with Gasteiger partial charge in [-0.15, -0.1) is 0 Å². The molecule has 0 radical (unpaired) electrons. The topological polar surface area (TPSA) is 95.9 Å². The summed E-state index contributed by atoms with van der Waals surface area (Å²) in [5, 5.41) is 21.4. The van der Waals surface area contributed by atoms with Gasteiger partial charge in [-0.2, -0.15) is 17.9 Å². The first-order valence-electron chi connectivity index (χ1n) is 12.6. The summed E-state index contributed by atoms with van der Waals surface area (Å²) in [6.45, 7) is 0.169. The van der Waals surface area contributed by atoms with Crippen LogP contribution in [0.3, 0.4) is 0 Å². The molecule has 11 heteroatoms. The van der Waals surface area contributed by atoms with Crippen molar-refractivity contribution >= 4 is 10.0 Å². The van der Waals surface area contributed by atoms with Crippen molar-refractivity contribution in [1.29, 1.82) is 0 Å². The Hall–Kier alpha value is -3.77. The quantitative estimate of drug-likeness (QED) is 0.186. The molecule has 0 aliphatic carbocycles. The molecule has 0 bridgehead atoms. The van der Waals surface area contributed by atoms with Crippen molar-refractivity contribution < 1.29 is 40.9 Å². The van der Waals surface area contributed by atoms with E-state index in [4.69, 9.17) is 4.74 Å². The molecule has 0 spiro atoms. The summed E-state index contributed by atoms with van der Waals surface area (Å²) in [6, 6.07) is 25.3. The largest absolute Gasteiger partial charge is 0.511 e. The van der Waals surface area contributed by atoms with Gasteiger partial charge >= 0.3 is 15.5 Å². The second-order valence-electron chi connectivity index (χ2n) is 9.74. The number of ether oxygens (including phenoxy) is 1. The van der Waals surface area contributed by atoms with Crippen LogP contribution in [0.1, 0.15) is 29.0 Å². The number of benzene rings is 4. The van der Waals surface area contributed by atoms with Crippen LogP contribution >= 0.6 is 0 Å². The Kier molecular flexibility index (Phi) is 7.89. The molecule has 214 valence electrons. The molecule has 3 N–H and O–H groups in total. The first-order valence-corrected chi connectivity index (χ1v) is 14.1. The zero-order valence-corrected chi connectivity index (χ0v) is 22.2. The van der Waals surface area contributed by atoms with E-state index in [-0.39, 0.29) is 35.0 Å². The van der Waals surface area contributed by atoms with Gasteiger partial charge in [-0.3, -0.25) is 0 Å². The van der Waals surface area contributed by atoms with Crippen LogP contribution < -0.4 is 9.46 Å². The Morgan fingerprint density at radius 2 is 1.56 bits per heavy atom. The first kappa shape index (κ1) is 28.7. The number of hydrogen-bond donors (Lipinski definition) is 3. The number of hydrogen-bond acceptors (Lipinski definition) is 5. The number of nitrogens with one attached hydrogen (secondary N) is 1. The van der Waals surface area contributed by atoms with E-state index >= 15 is 0 Å². The maximum absolute atomic E-state index is 14.1. The van der Waals surface area contributed by atoms with Gasteiger partial charge in [0, 0.05) is 17.0 Å². The predicted octanol–water partition coefficient (Wildman–Crippen LogP) is 5.87. The molecule has 0 saturated heterocycles. The van der Waals surface area contributed by atoms with Crippen LogP contribution in [0.25, 0.3) is 22.3 Å². The normalized spacial score (nSPS) is 17.9. The highest BCUT2D eigenvalue weighted by Crippen LogP contribution is 2.41. The second kappa shape index (κ2) is 11.2. The summed E-state index contributed by atoms with van der Waals surface area (Å²) < 4.78 is 82.7. The molecule has 5 rings (SSSR count). The summed E-state index contributed by atoms with van der Waals surface area (Å²) in [5.74, 6) is -0.739. The standard InChI is InChI=1S/C30H25F4NO5S/c31-23-11-13-24(29(37)35-41(38,39)30(32,33)34)26(16-23)21-10-12-25-27(15-21)40-17-22(28(25)36)14-18-6-8-20(9-7-18)19-4-2-1-3-5-19/h1-13,15-16,22,28-29,35-37H,14,17H2/t22-,28+,29?/m1/s1. The Morgan fingerprint density at radius 1 is 0.902 bits per heavy atom. The maximum Gasteiger partial charge on any atom is 0.511 e.